The van der Waals surface area contributed by atoms with Crippen molar-refractivity contribution in [3.63, 3.8) is 0 Å². The van der Waals surface area contributed by atoms with Gasteiger partial charge >= 0.3 is 5.97 Å². The number of benzene rings is 1. The lowest BCUT2D eigenvalue weighted by molar-refractivity contribution is -0.141. The number of nitrogens with one attached hydrogen (secondary N) is 1. The summed E-state index contributed by atoms with van der Waals surface area (Å²) >= 11 is 1.43. The minimum absolute atomic E-state index is 0.155. The van der Waals surface area contributed by atoms with Crippen LogP contribution >= 0.6 is 11.3 Å². The molecule has 142 valence electrons. The molecule has 0 aliphatic rings. The molecule has 0 fully saturated rings. The Morgan fingerprint density at radius 2 is 1.89 bits per heavy atom. The molecule has 1 aromatic carbocycles. The maximum absolute atomic E-state index is 12.6. The van der Waals surface area contributed by atoms with E-state index in [0.29, 0.717) is 22.9 Å². The fourth-order valence-corrected chi connectivity index (χ4v) is 3.94. The summed E-state index contributed by atoms with van der Waals surface area (Å²) in [7, 11) is 1.89. The molecule has 0 saturated heterocycles. The summed E-state index contributed by atoms with van der Waals surface area (Å²) in [5.74, 6) is -1.11. The van der Waals surface area contributed by atoms with E-state index in [9.17, 15) is 9.59 Å². The van der Waals surface area contributed by atoms with E-state index in [0.717, 1.165) is 21.5 Å². The molecule has 3 rings (SSSR count). The first-order valence-corrected chi connectivity index (χ1v) is 9.67. The molecule has 2 N–H and O–H groups in total. The molecule has 2 aromatic heterocycles. The van der Waals surface area contributed by atoms with E-state index in [1.165, 1.54) is 11.3 Å². The number of anilines is 1. The standard InChI is InChI=1S/C20H23N3O3S/c1-11(2)17-15-10-16(27-19(15)23(4)22-17)18(24)21-14-7-5-13(6-8-14)9-12(3)20(25)26/h5-8,10-12H,9H2,1-4H3,(H,21,24)(H,25,26). The molecule has 27 heavy (non-hydrogen) atoms. The first-order chi connectivity index (χ1) is 12.8. The molecule has 0 spiro atoms. The maximum Gasteiger partial charge on any atom is 0.306 e. The Morgan fingerprint density at radius 1 is 1.22 bits per heavy atom. The maximum atomic E-state index is 12.6. The van der Waals surface area contributed by atoms with Gasteiger partial charge in [0.25, 0.3) is 5.91 Å². The zero-order valence-electron chi connectivity index (χ0n) is 15.8. The van der Waals surface area contributed by atoms with Crippen LogP contribution < -0.4 is 5.32 Å². The van der Waals surface area contributed by atoms with Crippen LogP contribution in [0.15, 0.2) is 30.3 Å². The summed E-state index contributed by atoms with van der Waals surface area (Å²) in [4.78, 5) is 25.2. The Kier molecular flexibility index (Phi) is 5.32. The molecule has 0 bridgehead atoms. The lowest BCUT2D eigenvalue weighted by Gasteiger charge is -2.08. The Labute approximate surface area is 161 Å². The number of carbonyl (C=O) groups is 2. The van der Waals surface area contributed by atoms with Gasteiger partial charge in [-0.2, -0.15) is 5.10 Å². The topological polar surface area (TPSA) is 84.2 Å². The highest BCUT2D eigenvalue weighted by Crippen LogP contribution is 2.32. The number of amides is 1. The van der Waals surface area contributed by atoms with E-state index >= 15 is 0 Å². The van der Waals surface area contributed by atoms with Crippen LogP contribution in [0.3, 0.4) is 0 Å². The summed E-state index contributed by atoms with van der Waals surface area (Å²) in [6, 6.07) is 9.20. The number of carboxylic acids is 1. The molecule has 1 unspecified atom stereocenters. The van der Waals surface area contributed by atoms with Crippen molar-refractivity contribution in [2.75, 3.05) is 5.32 Å². The van der Waals surface area contributed by atoms with Gasteiger partial charge in [0, 0.05) is 18.1 Å². The van der Waals surface area contributed by atoms with E-state index in [-0.39, 0.29) is 5.91 Å². The number of hydrogen-bond donors (Lipinski definition) is 2. The van der Waals surface area contributed by atoms with Crippen LogP contribution in [-0.4, -0.2) is 26.8 Å². The Bertz CT molecular complexity index is 986. The molecule has 3 aromatic rings. The number of carbonyl (C=O) groups excluding carboxylic acids is 1. The van der Waals surface area contributed by atoms with Gasteiger partial charge in [0.15, 0.2) is 0 Å². The first-order valence-electron chi connectivity index (χ1n) is 8.85. The lowest BCUT2D eigenvalue weighted by atomic mass is 10.0. The number of rotatable bonds is 6. The SMILES string of the molecule is CC(Cc1ccc(NC(=O)c2cc3c(C(C)C)nn(C)c3s2)cc1)C(=O)O. The molecular formula is C20H23N3O3S. The predicted octanol–water partition coefficient (Wildman–Crippen LogP) is 4.27. The van der Waals surface area contributed by atoms with Crippen LogP contribution in [0.1, 0.15) is 47.6 Å². The predicted molar refractivity (Wildman–Crippen MR) is 108 cm³/mol. The summed E-state index contributed by atoms with van der Waals surface area (Å²) in [6.45, 7) is 5.86. The van der Waals surface area contributed by atoms with Crippen LogP contribution in [0.2, 0.25) is 0 Å². The Balaban J connectivity index is 1.74. The van der Waals surface area contributed by atoms with E-state index in [1.54, 1.807) is 19.1 Å². The highest BCUT2D eigenvalue weighted by atomic mass is 32.1. The summed E-state index contributed by atoms with van der Waals surface area (Å²) in [6.07, 6.45) is 0.463. The molecule has 1 amide bonds. The van der Waals surface area contributed by atoms with Crippen molar-refractivity contribution in [3.05, 3.63) is 46.5 Å². The average molecular weight is 385 g/mol. The number of aliphatic carboxylic acids is 1. The Morgan fingerprint density at radius 3 is 2.48 bits per heavy atom. The molecule has 0 aliphatic carbocycles. The van der Waals surface area contributed by atoms with Crippen molar-refractivity contribution >= 4 is 39.1 Å². The monoisotopic (exact) mass is 385 g/mol. The quantitative estimate of drug-likeness (QED) is 0.663. The van der Waals surface area contributed by atoms with Gasteiger partial charge in [-0.05, 0) is 36.1 Å². The highest BCUT2D eigenvalue weighted by molar-refractivity contribution is 7.20. The smallest absolute Gasteiger partial charge is 0.306 e. The fourth-order valence-electron chi connectivity index (χ4n) is 2.96. The van der Waals surface area contributed by atoms with Crippen LogP contribution in [0.5, 0.6) is 0 Å². The summed E-state index contributed by atoms with van der Waals surface area (Å²) in [5.41, 5.74) is 2.61. The second-order valence-corrected chi connectivity index (χ2v) is 8.12. The van der Waals surface area contributed by atoms with Crippen LogP contribution in [-0.2, 0) is 18.3 Å². The van der Waals surface area contributed by atoms with Crippen molar-refractivity contribution in [3.8, 4) is 0 Å². The number of fused-ring (bicyclic) bond motifs is 1. The number of hydrogen-bond acceptors (Lipinski definition) is 4. The zero-order chi connectivity index (χ0) is 19.7. The largest absolute Gasteiger partial charge is 0.481 e. The van der Waals surface area contributed by atoms with Crippen LogP contribution in [0, 0.1) is 5.92 Å². The molecular weight excluding hydrogens is 362 g/mol. The molecule has 0 saturated carbocycles. The second kappa shape index (κ2) is 7.52. The number of nitrogens with zero attached hydrogens (tertiary/aromatic N) is 2. The van der Waals surface area contributed by atoms with Crippen molar-refractivity contribution in [1.82, 2.24) is 9.78 Å². The van der Waals surface area contributed by atoms with E-state index in [4.69, 9.17) is 5.11 Å². The van der Waals surface area contributed by atoms with Crippen LogP contribution in [0.25, 0.3) is 10.2 Å². The van der Waals surface area contributed by atoms with Gasteiger partial charge in [-0.3, -0.25) is 14.3 Å². The van der Waals surface area contributed by atoms with Gasteiger partial charge in [0.1, 0.15) is 4.83 Å². The van der Waals surface area contributed by atoms with Gasteiger partial charge in [-0.25, -0.2) is 0 Å². The highest BCUT2D eigenvalue weighted by Gasteiger charge is 2.18. The van der Waals surface area contributed by atoms with Crippen molar-refractivity contribution in [1.29, 1.82) is 0 Å². The molecule has 0 aliphatic heterocycles. The van der Waals surface area contributed by atoms with E-state index in [2.05, 4.69) is 24.3 Å². The summed E-state index contributed by atoms with van der Waals surface area (Å²) in [5, 5.41) is 17.5. The molecule has 6 nitrogen and oxygen atoms in total. The minimum atomic E-state index is -0.813. The van der Waals surface area contributed by atoms with Crippen molar-refractivity contribution in [2.24, 2.45) is 13.0 Å². The number of aryl methyl sites for hydroxylation is 1. The normalized spacial score (nSPS) is 12.5. The molecule has 0 radical (unpaired) electrons. The van der Waals surface area contributed by atoms with E-state index in [1.807, 2.05) is 29.9 Å². The van der Waals surface area contributed by atoms with E-state index < -0.39 is 11.9 Å². The third kappa shape index (κ3) is 4.03. The number of aromatic nitrogens is 2. The summed E-state index contributed by atoms with van der Waals surface area (Å²) < 4.78 is 1.82. The lowest BCUT2D eigenvalue weighted by Crippen LogP contribution is -2.12. The fraction of sp³-hybridized carbons (Fsp3) is 0.350. The molecule has 1 atom stereocenters. The molecule has 2 heterocycles. The third-order valence-corrected chi connectivity index (χ3v) is 5.69. The molecule has 7 heteroatoms. The van der Waals surface area contributed by atoms with Gasteiger partial charge in [-0.1, -0.05) is 32.9 Å². The average Bonchev–Trinajstić information content (AvgIpc) is 3.17. The van der Waals surface area contributed by atoms with Gasteiger partial charge in [0.05, 0.1) is 16.5 Å². The van der Waals surface area contributed by atoms with Gasteiger partial charge < -0.3 is 10.4 Å². The number of carboxylic acid groups (broad SMARTS) is 1. The third-order valence-electron chi connectivity index (χ3n) is 4.49. The van der Waals surface area contributed by atoms with Crippen molar-refractivity contribution in [2.45, 2.75) is 33.1 Å². The Hall–Kier alpha value is -2.67. The van der Waals surface area contributed by atoms with Crippen LogP contribution in [0.4, 0.5) is 5.69 Å². The second-order valence-electron chi connectivity index (χ2n) is 7.09. The number of thiophene rings is 1. The minimum Gasteiger partial charge on any atom is -0.481 e. The zero-order valence-corrected chi connectivity index (χ0v) is 16.6. The first kappa shape index (κ1) is 19.1. The van der Waals surface area contributed by atoms with Gasteiger partial charge in [0.2, 0.25) is 0 Å². The van der Waals surface area contributed by atoms with Crippen molar-refractivity contribution < 1.29 is 14.7 Å². The van der Waals surface area contributed by atoms with Gasteiger partial charge in [-0.15, -0.1) is 11.3 Å².